The fraction of sp³-hybridized carbons (Fsp3) is 0.222. The van der Waals surface area contributed by atoms with Crippen molar-refractivity contribution in [3.63, 3.8) is 0 Å². The molecule has 2 aromatic carbocycles. The second-order valence-electron chi connectivity index (χ2n) is 8.83. The van der Waals surface area contributed by atoms with Crippen molar-refractivity contribution in [3.8, 4) is 22.5 Å². The Bertz CT molecular complexity index is 1430. The van der Waals surface area contributed by atoms with E-state index < -0.39 is 11.7 Å². The number of nitrogens with two attached hydrogens (primary N) is 2. The number of carbonyl (C=O) groups is 2. The summed E-state index contributed by atoms with van der Waals surface area (Å²) in [7, 11) is 0. The Morgan fingerprint density at radius 3 is 2.51 bits per heavy atom. The molecule has 4 N–H and O–H groups in total. The molecule has 7 nitrogen and oxygen atoms in total. The number of hydrazine groups is 1. The van der Waals surface area contributed by atoms with Crippen LogP contribution in [0.5, 0.6) is 0 Å². The highest BCUT2D eigenvalue weighted by Gasteiger charge is 2.24. The minimum atomic E-state index is -0.710. The van der Waals surface area contributed by atoms with Gasteiger partial charge in [0, 0.05) is 35.0 Å². The second kappa shape index (κ2) is 9.31. The summed E-state index contributed by atoms with van der Waals surface area (Å²) >= 11 is 0. The van der Waals surface area contributed by atoms with Crippen LogP contribution in [0.15, 0.2) is 65.2 Å². The smallest absolute Gasteiger partial charge is 0.268 e. The van der Waals surface area contributed by atoms with E-state index in [1.807, 2.05) is 6.07 Å². The van der Waals surface area contributed by atoms with Crippen LogP contribution >= 0.6 is 0 Å². The van der Waals surface area contributed by atoms with E-state index in [1.165, 1.54) is 23.6 Å². The summed E-state index contributed by atoms with van der Waals surface area (Å²) in [5.41, 5.74) is 8.45. The lowest BCUT2D eigenvalue weighted by molar-refractivity contribution is 0.0633. The summed E-state index contributed by atoms with van der Waals surface area (Å²) in [4.78, 5) is 28.8. The van der Waals surface area contributed by atoms with Gasteiger partial charge < -0.3 is 10.2 Å². The zero-order valence-electron chi connectivity index (χ0n) is 19.0. The molecule has 0 atom stereocenters. The largest absolute Gasteiger partial charge is 0.454 e. The molecule has 1 saturated carbocycles. The normalized spacial score (nSPS) is 14.2. The number of benzene rings is 2. The third-order valence-corrected chi connectivity index (χ3v) is 6.55. The number of primary amides is 1. The predicted molar refractivity (Wildman–Crippen MR) is 131 cm³/mol. The molecule has 2 aromatic heterocycles. The highest BCUT2D eigenvalue weighted by molar-refractivity contribution is 5.98. The van der Waals surface area contributed by atoms with E-state index in [2.05, 4.69) is 4.98 Å². The van der Waals surface area contributed by atoms with Gasteiger partial charge in [0.25, 0.3) is 5.91 Å². The molecule has 5 rings (SSSR count). The van der Waals surface area contributed by atoms with Gasteiger partial charge in [-0.1, -0.05) is 31.4 Å². The van der Waals surface area contributed by atoms with Crippen molar-refractivity contribution in [1.29, 1.82) is 0 Å². The maximum absolute atomic E-state index is 14.7. The maximum Gasteiger partial charge on any atom is 0.268 e. The molecule has 1 aliphatic carbocycles. The number of halogens is 1. The lowest BCUT2D eigenvalue weighted by Crippen LogP contribution is -2.46. The monoisotopic (exact) mass is 472 g/mol. The van der Waals surface area contributed by atoms with Crippen LogP contribution in [0.3, 0.4) is 0 Å². The molecular formula is C27H25FN4O3. The van der Waals surface area contributed by atoms with E-state index in [0.717, 1.165) is 37.3 Å². The van der Waals surface area contributed by atoms with E-state index in [4.69, 9.17) is 16.0 Å². The van der Waals surface area contributed by atoms with Crippen LogP contribution in [-0.4, -0.2) is 27.8 Å². The number of rotatable bonds is 5. The molecule has 0 unspecified atom stereocenters. The Morgan fingerprint density at radius 1 is 0.971 bits per heavy atom. The number of aromatic nitrogens is 1. The van der Waals surface area contributed by atoms with Gasteiger partial charge in [-0.25, -0.2) is 10.2 Å². The molecule has 8 heteroatoms. The number of hydrogen-bond donors (Lipinski definition) is 2. The molecule has 0 bridgehead atoms. The van der Waals surface area contributed by atoms with Gasteiger partial charge in [0.15, 0.2) is 5.58 Å². The van der Waals surface area contributed by atoms with Crippen molar-refractivity contribution >= 4 is 22.9 Å². The maximum atomic E-state index is 14.7. The highest BCUT2D eigenvalue weighted by atomic mass is 19.1. The van der Waals surface area contributed by atoms with E-state index in [9.17, 15) is 14.0 Å². The van der Waals surface area contributed by atoms with Gasteiger partial charge in [0.1, 0.15) is 17.1 Å². The molecule has 0 saturated heterocycles. The minimum absolute atomic E-state index is 0.0519. The lowest BCUT2D eigenvalue weighted by Gasteiger charge is -2.30. The van der Waals surface area contributed by atoms with Crippen LogP contribution in [0.25, 0.3) is 33.6 Å². The molecule has 178 valence electrons. The van der Waals surface area contributed by atoms with Crippen molar-refractivity contribution in [3.05, 3.63) is 77.7 Å². The molecule has 0 spiro atoms. The first-order chi connectivity index (χ1) is 16.9. The number of nitrogens with zero attached hydrogens (tertiary/aromatic N) is 2. The van der Waals surface area contributed by atoms with Gasteiger partial charge in [-0.05, 0) is 54.8 Å². The number of furan rings is 1. The summed E-state index contributed by atoms with van der Waals surface area (Å²) in [6, 6.07) is 14.7. The van der Waals surface area contributed by atoms with Gasteiger partial charge in [-0.15, -0.1) is 0 Å². The average Bonchev–Trinajstić information content (AvgIpc) is 3.32. The SMILES string of the molecule is NC(=O)c1ccc(-c2cc3nccc(-c4cccc(C(=O)N(N)C5CCCCC5)c4)c3o2)c(F)c1. The number of pyridine rings is 1. The first-order valence-corrected chi connectivity index (χ1v) is 11.6. The molecule has 2 heterocycles. The third-order valence-electron chi connectivity index (χ3n) is 6.55. The highest BCUT2D eigenvalue weighted by Crippen LogP contribution is 2.35. The van der Waals surface area contributed by atoms with E-state index in [-0.39, 0.29) is 28.8 Å². The minimum Gasteiger partial charge on any atom is -0.454 e. The lowest BCUT2D eigenvalue weighted by atomic mass is 9.94. The summed E-state index contributed by atoms with van der Waals surface area (Å²) in [5, 5.41) is 1.37. The molecule has 1 fully saturated rings. The molecular weight excluding hydrogens is 447 g/mol. The Kier molecular flexibility index (Phi) is 6.05. The topological polar surface area (TPSA) is 115 Å². The molecule has 0 aliphatic heterocycles. The van der Waals surface area contributed by atoms with Gasteiger partial charge in [-0.2, -0.15) is 0 Å². The van der Waals surface area contributed by atoms with Crippen molar-refractivity contribution in [2.45, 2.75) is 38.1 Å². The number of amides is 2. The predicted octanol–water partition coefficient (Wildman–Crippen LogP) is 5.05. The average molecular weight is 473 g/mol. The van der Waals surface area contributed by atoms with Crippen molar-refractivity contribution in [2.75, 3.05) is 0 Å². The van der Waals surface area contributed by atoms with Crippen molar-refractivity contribution in [1.82, 2.24) is 9.99 Å². The Hall–Kier alpha value is -4.04. The summed E-state index contributed by atoms with van der Waals surface area (Å²) in [6.45, 7) is 0. The first-order valence-electron chi connectivity index (χ1n) is 11.6. The van der Waals surface area contributed by atoms with Crippen LogP contribution in [0.1, 0.15) is 52.8 Å². The van der Waals surface area contributed by atoms with Crippen LogP contribution < -0.4 is 11.6 Å². The Morgan fingerprint density at radius 2 is 1.77 bits per heavy atom. The quantitative estimate of drug-likeness (QED) is 0.240. The fourth-order valence-electron chi connectivity index (χ4n) is 4.66. The summed E-state index contributed by atoms with van der Waals surface area (Å²) < 4.78 is 20.7. The van der Waals surface area contributed by atoms with Gasteiger partial charge in [-0.3, -0.25) is 19.6 Å². The number of fused-ring (bicyclic) bond motifs is 1. The molecule has 35 heavy (non-hydrogen) atoms. The molecule has 2 amide bonds. The van der Waals surface area contributed by atoms with Crippen molar-refractivity contribution < 1.29 is 18.4 Å². The van der Waals surface area contributed by atoms with Crippen LogP contribution in [0.4, 0.5) is 4.39 Å². The van der Waals surface area contributed by atoms with E-state index >= 15 is 0 Å². The Labute approximate surface area is 201 Å². The third kappa shape index (κ3) is 4.40. The van der Waals surface area contributed by atoms with Gasteiger partial charge >= 0.3 is 0 Å². The standard InChI is InChI=1S/C27H25FN4O3/c28-22-14-17(26(29)33)9-10-21(22)24-15-23-25(35-24)20(11-12-31-23)16-5-4-6-18(13-16)27(34)32(30)19-7-2-1-3-8-19/h4-6,9-15,19H,1-3,7-8,30H2,(H2,29,33). The van der Waals surface area contributed by atoms with E-state index in [1.54, 1.807) is 36.5 Å². The number of carbonyl (C=O) groups excluding carboxylic acids is 2. The van der Waals surface area contributed by atoms with Crippen LogP contribution in [0.2, 0.25) is 0 Å². The second-order valence-corrected chi connectivity index (χ2v) is 8.83. The molecule has 4 aromatic rings. The molecule has 1 aliphatic rings. The first kappa shape index (κ1) is 22.7. The van der Waals surface area contributed by atoms with Gasteiger partial charge in [0.05, 0.1) is 5.56 Å². The fourth-order valence-corrected chi connectivity index (χ4v) is 4.66. The summed E-state index contributed by atoms with van der Waals surface area (Å²) in [5.74, 6) is 4.92. The van der Waals surface area contributed by atoms with Crippen molar-refractivity contribution in [2.24, 2.45) is 11.6 Å². The van der Waals surface area contributed by atoms with Crippen LogP contribution in [0, 0.1) is 5.82 Å². The summed E-state index contributed by atoms with van der Waals surface area (Å²) in [6.07, 6.45) is 6.80. The Balaban J connectivity index is 1.50. The van der Waals surface area contributed by atoms with E-state index in [0.29, 0.717) is 22.2 Å². The van der Waals surface area contributed by atoms with Gasteiger partial charge in [0.2, 0.25) is 5.91 Å². The zero-order valence-corrected chi connectivity index (χ0v) is 19.0. The zero-order chi connectivity index (χ0) is 24.5. The van der Waals surface area contributed by atoms with Crippen LogP contribution in [-0.2, 0) is 0 Å². The number of hydrogen-bond acceptors (Lipinski definition) is 5. The molecule has 0 radical (unpaired) electrons.